The van der Waals surface area contributed by atoms with Crippen LogP contribution in [0.2, 0.25) is 5.02 Å². The number of aliphatic imine (C=N–C) groups is 1. The molecule has 30 heavy (non-hydrogen) atoms. The Morgan fingerprint density at radius 1 is 1.20 bits per heavy atom. The third-order valence-electron chi connectivity index (χ3n) is 4.77. The summed E-state index contributed by atoms with van der Waals surface area (Å²) in [4.78, 5) is 19.4. The second kappa shape index (κ2) is 10.7. The van der Waals surface area contributed by atoms with Crippen molar-refractivity contribution in [2.45, 2.75) is 33.1 Å². The van der Waals surface area contributed by atoms with E-state index in [-0.39, 0.29) is 5.91 Å². The molecule has 1 amide bonds. The summed E-state index contributed by atoms with van der Waals surface area (Å²) in [5.41, 5.74) is 2.84. The first-order valence-corrected chi connectivity index (χ1v) is 11.4. The van der Waals surface area contributed by atoms with E-state index in [1.807, 2.05) is 50.2 Å². The Hall–Kier alpha value is -2.18. The summed E-state index contributed by atoms with van der Waals surface area (Å²) in [6, 6.07) is 11.4. The van der Waals surface area contributed by atoms with Crippen molar-refractivity contribution in [1.29, 1.82) is 0 Å². The predicted molar refractivity (Wildman–Crippen MR) is 125 cm³/mol. The summed E-state index contributed by atoms with van der Waals surface area (Å²) in [5, 5.41) is 1.43. The van der Waals surface area contributed by atoms with Gasteiger partial charge in [-0.3, -0.25) is 9.69 Å². The summed E-state index contributed by atoms with van der Waals surface area (Å²) in [5.74, 6) is 2.53. The van der Waals surface area contributed by atoms with Gasteiger partial charge in [-0.15, -0.1) is 0 Å². The Labute approximate surface area is 187 Å². The molecule has 0 saturated carbocycles. The molecule has 7 heteroatoms. The fourth-order valence-electron chi connectivity index (χ4n) is 3.19. The maximum absolute atomic E-state index is 12.9. The van der Waals surface area contributed by atoms with Crippen LogP contribution in [0.25, 0.3) is 0 Å². The molecular formula is C23H27ClN2O3S. The van der Waals surface area contributed by atoms with Crippen LogP contribution in [0.4, 0.5) is 5.69 Å². The van der Waals surface area contributed by atoms with Gasteiger partial charge in [0.1, 0.15) is 17.2 Å². The Bertz CT molecular complexity index is 933. The molecule has 0 N–H and O–H groups in total. The highest BCUT2D eigenvalue weighted by Gasteiger charge is 2.24. The first kappa shape index (κ1) is 22.5. The third-order valence-corrected chi connectivity index (χ3v) is 6.07. The molecule has 0 atom stereocenters. The van der Waals surface area contributed by atoms with Gasteiger partial charge in [0.2, 0.25) is 5.91 Å². The van der Waals surface area contributed by atoms with Crippen molar-refractivity contribution in [3.05, 3.63) is 52.5 Å². The quantitative estimate of drug-likeness (QED) is 0.506. The smallest absolute Gasteiger partial charge is 0.228 e. The summed E-state index contributed by atoms with van der Waals surface area (Å²) < 4.78 is 11.2. The second-order valence-corrected chi connectivity index (χ2v) is 8.68. The SMILES string of the molecule is COc1ccc(C)cc1N=C1SCCCN1C(=O)CCCOc1ccc(Cl)cc1C. The minimum atomic E-state index is 0.0731. The number of methoxy groups -OCH3 is 1. The number of carbonyl (C=O) groups excluding carboxylic acids is 1. The number of nitrogens with zero attached hydrogens (tertiary/aromatic N) is 2. The number of halogens is 1. The summed E-state index contributed by atoms with van der Waals surface area (Å²) in [6.07, 6.45) is 2.02. The van der Waals surface area contributed by atoms with E-state index in [0.29, 0.717) is 36.8 Å². The normalized spacial score (nSPS) is 15.3. The molecule has 2 aromatic carbocycles. The first-order chi connectivity index (χ1) is 14.5. The number of rotatable bonds is 7. The van der Waals surface area contributed by atoms with Gasteiger partial charge in [0.05, 0.1) is 13.7 Å². The highest BCUT2D eigenvalue weighted by atomic mass is 35.5. The summed E-state index contributed by atoms with van der Waals surface area (Å²) in [7, 11) is 1.63. The zero-order chi connectivity index (χ0) is 21.5. The van der Waals surface area contributed by atoms with Crippen LogP contribution < -0.4 is 9.47 Å². The van der Waals surface area contributed by atoms with Gasteiger partial charge >= 0.3 is 0 Å². The lowest BCUT2D eigenvalue weighted by Gasteiger charge is -2.28. The van der Waals surface area contributed by atoms with E-state index < -0.39 is 0 Å². The maximum atomic E-state index is 12.9. The fourth-order valence-corrected chi connectivity index (χ4v) is 4.38. The highest BCUT2D eigenvalue weighted by molar-refractivity contribution is 8.13. The van der Waals surface area contributed by atoms with E-state index in [2.05, 4.69) is 0 Å². The van der Waals surface area contributed by atoms with E-state index in [0.717, 1.165) is 39.9 Å². The molecule has 1 heterocycles. The highest BCUT2D eigenvalue weighted by Crippen LogP contribution is 2.31. The van der Waals surface area contributed by atoms with E-state index >= 15 is 0 Å². The van der Waals surface area contributed by atoms with Crippen molar-refractivity contribution in [3.8, 4) is 11.5 Å². The van der Waals surface area contributed by atoms with Crippen LogP contribution in [0.1, 0.15) is 30.4 Å². The maximum Gasteiger partial charge on any atom is 0.228 e. The minimum Gasteiger partial charge on any atom is -0.494 e. The number of amidine groups is 1. The molecule has 5 nitrogen and oxygen atoms in total. The molecule has 3 rings (SSSR count). The topological polar surface area (TPSA) is 51.1 Å². The van der Waals surface area contributed by atoms with Crippen LogP contribution in [0, 0.1) is 13.8 Å². The van der Waals surface area contributed by atoms with Crippen molar-refractivity contribution in [2.24, 2.45) is 4.99 Å². The van der Waals surface area contributed by atoms with Crippen molar-refractivity contribution in [1.82, 2.24) is 4.90 Å². The number of aryl methyl sites for hydroxylation is 2. The van der Waals surface area contributed by atoms with Gasteiger partial charge in [-0.05, 0) is 68.1 Å². The van der Waals surface area contributed by atoms with Crippen LogP contribution >= 0.6 is 23.4 Å². The van der Waals surface area contributed by atoms with E-state index in [1.165, 1.54) is 0 Å². The number of hydrogen-bond acceptors (Lipinski definition) is 5. The van der Waals surface area contributed by atoms with E-state index in [4.69, 9.17) is 26.1 Å². The Morgan fingerprint density at radius 2 is 2.00 bits per heavy atom. The summed E-state index contributed by atoms with van der Waals surface area (Å²) >= 11 is 7.59. The number of carbonyl (C=O) groups is 1. The summed E-state index contributed by atoms with van der Waals surface area (Å²) in [6.45, 7) is 5.14. The fraction of sp³-hybridized carbons (Fsp3) is 0.391. The van der Waals surface area contributed by atoms with Gasteiger partial charge in [-0.2, -0.15) is 0 Å². The van der Waals surface area contributed by atoms with Crippen LogP contribution in [0.15, 0.2) is 41.4 Å². The molecule has 0 aromatic heterocycles. The zero-order valence-electron chi connectivity index (χ0n) is 17.6. The molecule has 0 bridgehead atoms. The lowest BCUT2D eigenvalue weighted by atomic mass is 10.2. The molecule has 2 aromatic rings. The van der Waals surface area contributed by atoms with Gasteiger partial charge in [-0.25, -0.2) is 4.99 Å². The number of thioether (sulfide) groups is 1. The van der Waals surface area contributed by atoms with E-state index in [1.54, 1.807) is 23.8 Å². The van der Waals surface area contributed by atoms with Crippen molar-refractivity contribution < 1.29 is 14.3 Å². The number of hydrogen-bond donors (Lipinski definition) is 0. The second-order valence-electron chi connectivity index (χ2n) is 7.18. The molecule has 0 spiro atoms. The molecule has 1 saturated heterocycles. The molecule has 0 aliphatic carbocycles. The zero-order valence-corrected chi connectivity index (χ0v) is 19.2. The molecule has 1 aliphatic rings. The van der Waals surface area contributed by atoms with Crippen LogP contribution in [0.3, 0.4) is 0 Å². The van der Waals surface area contributed by atoms with Crippen molar-refractivity contribution >= 4 is 40.1 Å². The van der Waals surface area contributed by atoms with Gasteiger partial charge in [-0.1, -0.05) is 29.4 Å². The van der Waals surface area contributed by atoms with Crippen LogP contribution in [-0.4, -0.2) is 42.0 Å². The standard InChI is InChI=1S/C23H27ClN2O3S/c1-16-7-9-21(28-3)19(14-16)25-23-26(11-5-13-30-23)22(27)6-4-12-29-20-10-8-18(24)15-17(20)2/h7-10,14-15H,4-6,11-13H2,1-3H3. The predicted octanol–water partition coefficient (Wildman–Crippen LogP) is 5.78. The molecule has 0 unspecified atom stereocenters. The number of ether oxygens (including phenoxy) is 2. The lowest BCUT2D eigenvalue weighted by Crippen LogP contribution is -2.39. The van der Waals surface area contributed by atoms with Gasteiger partial charge in [0, 0.05) is 23.7 Å². The minimum absolute atomic E-state index is 0.0731. The molecule has 0 radical (unpaired) electrons. The van der Waals surface area contributed by atoms with Crippen molar-refractivity contribution in [3.63, 3.8) is 0 Å². The molecule has 1 aliphatic heterocycles. The van der Waals surface area contributed by atoms with Crippen molar-refractivity contribution in [2.75, 3.05) is 26.0 Å². The van der Waals surface area contributed by atoms with Crippen LogP contribution in [0.5, 0.6) is 11.5 Å². The average Bonchev–Trinajstić information content (AvgIpc) is 2.73. The molecular weight excluding hydrogens is 420 g/mol. The average molecular weight is 447 g/mol. The Kier molecular flexibility index (Phi) is 8.05. The van der Waals surface area contributed by atoms with Gasteiger partial charge < -0.3 is 9.47 Å². The van der Waals surface area contributed by atoms with Gasteiger partial charge in [0.15, 0.2) is 5.17 Å². The molecule has 1 fully saturated rings. The lowest BCUT2D eigenvalue weighted by molar-refractivity contribution is -0.127. The molecule has 160 valence electrons. The largest absolute Gasteiger partial charge is 0.494 e. The van der Waals surface area contributed by atoms with E-state index in [9.17, 15) is 4.79 Å². The third kappa shape index (κ3) is 5.92. The first-order valence-electron chi connectivity index (χ1n) is 10.0. The Morgan fingerprint density at radius 3 is 2.77 bits per heavy atom. The number of benzene rings is 2. The monoisotopic (exact) mass is 446 g/mol. The number of amides is 1. The Balaban J connectivity index is 1.61. The van der Waals surface area contributed by atoms with Gasteiger partial charge in [0.25, 0.3) is 0 Å². The van der Waals surface area contributed by atoms with Crippen LogP contribution in [-0.2, 0) is 4.79 Å².